The molecule has 2 amide bonds. The van der Waals surface area contributed by atoms with E-state index in [1.165, 1.54) is 0 Å². The van der Waals surface area contributed by atoms with E-state index < -0.39 is 5.60 Å². The second-order valence-corrected chi connectivity index (χ2v) is 7.45. The average Bonchev–Trinajstić information content (AvgIpc) is 3.12. The number of amides is 2. The highest BCUT2D eigenvalue weighted by Gasteiger charge is 2.45. The molecule has 0 radical (unpaired) electrons. The van der Waals surface area contributed by atoms with Crippen LogP contribution < -0.4 is 5.32 Å². The summed E-state index contributed by atoms with van der Waals surface area (Å²) in [6.07, 6.45) is 2.00. The summed E-state index contributed by atoms with van der Waals surface area (Å²) in [7, 11) is 0. The molecule has 1 fully saturated rings. The summed E-state index contributed by atoms with van der Waals surface area (Å²) in [4.78, 5) is 33.0. The third kappa shape index (κ3) is 3.63. The van der Waals surface area contributed by atoms with Crippen molar-refractivity contribution in [3.63, 3.8) is 0 Å². The van der Waals surface area contributed by atoms with E-state index in [0.29, 0.717) is 30.8 Å². The Morgan fingerprint density at radius 1 is 1.11 bits per heavy atom. The molecule has 0 aliphatic carbocycles. The van der Waals surface area contributed by atoms with Crippen molar-refractivity contribution in [1.82, 2.24) is 4.90 Å². The Morgan fingerprint density at radius 3 is 2.64 bits per heavy atom. The van der Waals surface area contributed by atoms with Crippen molar-refractivity contribution in [3.8, 4) is 0 Å². The highest BCUT2D eigenvalue weighted by atomic mass is 16.7. The normalized spacial score (nSPS) is 21.2. The Morgan fingerprint density at radius 2 is 1.86 bits per heavy atom. The first-order valence-electron chi connectivity index (χ1n) is 9.53. The third-order valence-electron chi connectivity index (χ3n) is 5.33. The number of hydrogen-bond acceptors (Lipinski definition) is 4. The molecule has 2 aromatic carbocycles. The molecule has 2 heterocycles. The van der Waals surface area contributed by atoms with Gasteiger partial charge in [-0.15, -0.1) is 0 Å². The molecule has 6 heteroatoms. The maximum atomic E-state index is 13.0. The van der Waals surface area contributed by atoms with Crippen LogP contribution in [0.1, 0.15) is 35.2 Å². The summed E-state index contributed by atoms with van der Waals surface area (Å²) in [5.41, 5.74) is 2.14. The molecule has 1 saturated heterocycles. The molecule has 1 unspecified atom stereocenters. The van der Waals surface area contributed by atoms with E-state index in [-0.39, 0.29) is 11.8 Å². The van der Waals surface area contributed by atoms with E-state index in [1.54, 1.807) is 0 Å². The smallest absolute Gasteiger partial charge is 0.273 e. The van der Waals surface area contributed by atoms with E-state index in [0.717, 1.165) is 24.1 Å². The number of piperidine rings is 1. The van der Waals surface area contributed by atoms with Crippen LogP contribution in [0.15, 0.2) is 59.8 Å². The molecule has 2 aromatic rings. The molecule has 2 aliphatic rings. The van der Waals surface area contributed by atoms with Gasteiger partial charge in [0.05, 0.1) is 6.54 Å². The van der Waals surface area contributed by atoms with Gasteiger partial charge in [0.2, 0.25) is 0 Å². The zero-order chi connectivity index (χ0) is 19.6. The van der Waals surface area contributed by atoms with Crippen LogP contribution in [0.5, 0.6) is 0 Å². The minimum atomic E-state index is -0.611. The molecule has 1 N–H and O–H groups in total. The van der Waals surface area contributed by atoms with Crippen molar-refractivity contribution in [1.29, 1.82) is 0 Å². The van der Waals surface area contributed by atoms with Gasteiger partial charge in [-0.25, -0.2) is 0 Å². The lowest BCUT2D eigenvalue weighted by atomic mass is 9.87. The number of benzene rings is 2. The average molecular weight is 377 g/mol. The first-order chi connectivity index (χ1) is 13.6. The lowest BCUT2D eigenvalue weighted by Gasteiger charge is -2.38. The van der Waals surface area contributed by atoms with Crippen molar-refractivity contribution in [2.45, 2.75) is 31.8 Å². The van der Waals surface area contributed by atoms with Crippen LogP contribution in [0.4, 0.5) is 5.69 Å². The van der Waals surface area contributed by atoms with Gasteiger partial charge in [0.25, 0.3) is 11.8 Å². The summed E-state index contributed by atoms with van der Waals surface area (Å²) in [5, 5.41) is 6.90. The lowest BCUT2D eigenvalue weighted by molar-refractivity contribution is -0.110. The number of carbonyl (C=O) groups is 2. The highest BCUT2D eigenvalue weighted by molar-refractivity contribution is 6.43. The predicted molar refractivity (Wildman–Crippen MR) is 107 cm³/mol. The molecule has 6 nitrogen and oxygen atoms in total. The van der Waals surface area contributed by atoms with E-state index in [9.17, 15) is 9.59 Å². The molecule has 1 atom stereocenters. The molecule has 0 bridgehead atoms. The maximum Gasteiger partial charge on any atom is 0.273 e. The van der Waals surface area contributed by atoms with Crippen molar-refractivity contribution in [3.05, 3.63) is 65.7 Å². The maximum absolute atomic E-state index is 13.0. The zero-order valence-electron chi connectivity index (χ0n) is 15.9. The molecule has 1 spiro atoms. The van der Waals surface area contributed by atoms with E-state index in [1.807, 2.05) is 66.4 Å². The van der Waals surface area contributed by atoms with Crippen molar-refractivity contribution >= 4 is 23.2 Å². The third-order valence-corrected chi connectivity index (χ3v) is 5.33. The number of para-hydroxylation sites is 1. The molecular weight excluding hydrogens is 354 g/mol. The quantitative estimate of drug-likeness (QED) is 0.891. The minimum absolute atomic E-state index is 0.00274. The summed E-state index contributed by atoms with van der Waals surface area (Å²) in [6.45, 7) is 3.06. The van der Waals surface area contributed by atoms with Gasteiger partial charge in [-0.05, 0) is 43.5 Å². The molecule has 0 saturated carbocycles. The molecule has 2 aliphatic heterocycles. The Kier molecular flexibility index (Phi) is 4.86. The fraction of sp³-hybridized carbons (Fsp3) is 0.318. The number of oxime groups is 1. The van der Waals surface area contributed by atoms with Crippen LogP contribution in [-0.2, 0) is 9.63 Å². The number of aryl methyl sites for hydroxylation is 1. The van der Waals surface area contributed by atoms with Crippen LogP contribution in [0.25, 0.3) is 0 Å². The van der Waals surface area contributed by atoms with Gasteiger partial charge < -0.3 is 15.1 Å². The van der Waals surface area contributed by atoms with Gasteiger partial charge >= 0.3 is 0 Å². The van der Waals surface area contributed by atoms with Gasteiger partial charge in [-0.2, -0.15) is 0 Å². The monoisotopic (exact) mass is 377 g/mol. The highest BCUT2D eigenvalue weighted by Crippen LogP contribution is 2.34. The van der Waals surface area contributed by atoms with Crippen molar-refractivity contribution in [2.24, 2.45) is 5.16 Å². The SMILES string of the molecule is Cc1ccccc1C(=O)N1CCCC2(CC(C(=O)Nc3ccccc3)=NO2)C1. The molecule has 28 heavy (non-hydrogen) atoms. The number of likely N-dealkylation sites (tertiary alicyclic amines) is 1. The van der Waals surface area contributed by atoms with E-state index in [2.05, 4.69) is 10.5 Å². The Bertz CT molecular complexity index is 926. The summed E-state index contributed by atoms with van der Waals surface area (Å²) < 4.78 is 0. The number of rotatable bonds is 3. The standard InChI is InChI=1S/C22H23N3O3/c1-16-8-5-6-11-18(16)21(27)25-13-7-12-22(15-25)14-19(24-28-22)20(26)23-17-9-3-2-4-10-17/h2-6,8-11H,7,12-15H2,1H3,(H,23,26). The second-order valence-electron chi connectivity index (χ2n) is 7.45. The van der Waals surface area contributed by atoms with Gasteiger partial charge in [0, 0.05) is 24.2 Å². The Hall–Kier alpha value is -3.15. The topological polar surface area (TPSA) is 71.0 Å². The molecule has 4 rings (SSSR count). The van der Waals surface area contributed by atoms with Crippen LogP contribution in [0.3, 0.4) is 0 Å². The van der Waals surface area contributed by atoms with Gasteiger partial charge in [0.15, 0.2) is 5.60 Å². The number of anilines is 1. The number of nitrogens with one attached hydrogen (secondary N) is 1. The summed E-state index contributed by atoms with van der Waals surface area (Å²) in [6, 6.07) is 16.9. The van der Waals surface area contributed by atoms with Crippen LogP contribution in [-0.4, -0.2) is 41.1 Å². The molecular formula is C22H23N3O3. The zero-order valence-corrected chi connectivity index (χ0v) is 15.9. The molecule has 144 valence electrons. The van der Waals surface area contributed by atoms with Crippen molar-refractivity contribution in [2.75, 3.05) is 18.4 Å². The van der Waals surface area contributed by atoms with Gasteiger partial charge in [0.1, 0.15) is 5.71 Å². The first kappa shape index (κ1) is 18.2. The second kappa shape index (κ2) is 7.46. The predicted octanol–water partition coefficient (Wildman–Crippen LogP) is 3.38. The fourth-order valence-electron chi connectivity index (χ4n) is 3.84. The number of carbonyl (C=O) groups excluding carboxylic acids is 2. The Balaban J connectivity index is 1.43. The van der Waals surface area contributed by atoms with Crippen LogP contribution >= 0.6 is 0 Å². The van der Waals surface area contributed by atoms with Crippen LogP contribution in [0, 0.1) is 6.92 Å². The largest absolute Gasteiger partial charge is 0.386 e. The lowest BCUT2D eigenvalue weighted by Crippen LogP contribution is -2.50. The number of hydrogen-bond donors (Lipinski definition) is 1. The van der Waals surface area contributed by atoms with Gasteiger partial charge in [-0.3, -0.25) is 9.59 Å². The number of nitrogens with zero attached hydrogens (tertiary/aromatic N) is 2. The Labute approximate surface area is 164 Å². The van der Waals surface area contributed by atoms with Crippen LogP contribution in [0.2, 0.25) is 0 Å². The van der Waals surface area contributed by atoms with E-state index in [4.69, 9.17) is 4.84 Å². The fourth-order valence-corrected chi connectivity index (χ4v) is 3.84. The summed E-state index contributed by atoms with van der Waals surface area (Å²) in [5.74, 6) is -0.256. The minimum Gasteiger partial charge on any atom is -0.386 e. The van der Waals surface area contributed by atoms with Gasteiger partial charge in [-0.1, -0.05) is 41.6 Å². The first-order valence-corrected chi connectivity index (χ1v) is 9.53. The van der Waals surface area contributed by atoms with E-state index >= 15 is 0 Å². The molecule has 0 aromatic heterocycles. The summed E-state index contributed by atoms with van der Waals surface area (Å²) >= 11 is 0. The van der Waals surface area contributed by atoms with Crippen molar-refractivity contribution < 1.29 is 14.4 Å².